The Kier molecular flexibility index (Phi) is 3.93. The van der Waals surface area contributed by atoms with Crippen LogP contribution in [0.2, 0.25) is 0 Å². The fourth-order valence-corrected chi connectivity index (χ4v) is 2.50. The van der Waals surface area contributed by atoms with E-state index in [0.29, 0.717) is 30.0 Å². The van der Waals surface area contributed by atoms with Crippen molar-refractivity contribution in [1.82, 2.24) is 5.32 Å². The third-order valence-corrected chi connectivity index (χ3v) is 3.61. The van der Waals surface area contributed by atoms with E-state index in [2.05, 4.69) is 10.6 Å². The number of amides is 2. The summed E-state index contributed by atoms with van der Waals surface area (Å²) in [6, 6.07) is 6.60. The average molecular weight is 299 g/mol. The molecular formula is C16H17N3O3. The van der Waals surface area contributed by atoms with Crippen molar-refractivity contribution in [3.05, 3.63) is 48.1 Å². The summed E-state index contributed by atoms with van der Waals surface area (Å²) in [7, 11) is 0. The number of carbonyl (C=O) groups is 2. The van der Waals surface area contributed by atoms with Gasteiger partial charge in [0.2, 0.25) is 5.91 Å². The monoisotopic (exact) mass is 299 g/mol. The second kappa shape index (κ2) is 6.03. The number of hydrogen-bond donors (Lipinski definition) is 3. The van der Waals surface area contributed by atoms with Crippen molar-refractivity contribution in [2.75, 3.05) is 17.7 Å². The Bertz CT molecular complexity index is 649. The molecule has 1 aromatic carbocycles. The van der Waals surface area contributed by atoms with Crippen LogP contribution in [0.4, 0.5) is 11.4 Å². The van der Waals surface area contributed by atoms with E-state index in [-0.39, 0.29) is 17.9 Å². The highest BCUT2D eigenvalue weighted by molar-refractivity contribution is 6.05. The molecule has 3 rings (SSSR count). The van der Waals surface area contributed by atoms with Crippen LogP contribution in [0.15, 0.2) is 48.1 Å². The summed E-state index contributed by atoms with van der Waals surface area (Å²) in [6.45, 7) is 0.299. The first-order valence-corrected chi connectivity index (χ1v) is 7.10. The first-order chi connectivity index (χ1) is 10.6. The van der Waals surface area contributed by atoms with Crippen LogP contribution in [-0.2, 0) is 14.3 Å². The number of nitrogens with one attached hydrogen (secondary N) is 2. The van der Waals surface area contributed by atoms with Crippen molar-refractivity contribution in [2.45, 2.75) is 18.6 Å². The molecule has 1 aliphatic carbocycles. The van der Waals surface area contributed by atoms with Gasteiger partial charge in [0.05, 0.1) is 19.1 Å². The van der Waals surface area contributed by atoms with E-state index in [4.69, 9.17) is 10.5 Å². The van der Waals surface area contributed by atoms with Crippen LogP contribution in [0.3, 0.4) is 0 Å². The van der Waals surface area contributed by atoms with Gasteiger partial charge in [0.15, 0.2) is 0 Å². The molecule has 114 valence electrons. The number of rotatable bonds is 2. The molecule has 0 saturated carbocycles. The van der Waals surface area contributed by atoms with E-state index < -0.39 is 6.10 Å². The lowest BCUT2D eigenvalue weighted by molar-refractivity contribution is -0.121. The van der Waals surface area contributed by atoms with Gasteiger partial charge in [-0.3, -0.25) is 9.59 Å². The maximum absolute atomic E-state index is 12.5. The largest absolute Gasteiger partial charge is 0.399 e. The molecule has 0 radical (unpaired) electrons. The zero-order chi connectivity index (χ0) is 15.5. The molecule has 4 N–H and O–H groups in total. The van der Waals surface area contributed by atoms with Crippen molar-refractivity contribution < 1.29 is 14.3 Å². The fourth-order valence-electron chi connectivity index (χ4n) is 2.50. The predicted octanol–water partition coefficient (Wildman–Crippen LogP) is 0.977. The Morgan fingerprint density at radius 2 is 2.09 bits per heavy atom. The quantitative estimate of drug-likeness (QED) is 0.710. The van der Waals surface area contributed by atoms with Crippen molar-refractivity contribution >= 4 is 23.2 Å². The molecule has 0 spiro atoms. The Morgan fingerprint density at radius 3 is 2.86 bits per heavy atom. The summed E-state index contributed by atoms with van der Waals surface area (Å²) in [4.78, 5) is 24.0. The number of carbonyl (C=O) groups excluding carboxylic acids is 2. The number of nitrogens with two attached hydrogens (primary N) is 1. The number of anilines is 2. The molecule has 1 fully saturated rings. The smallest absolute Gasteiger partial charge is 0.254 e. The number of ether oxygens (including phenoxy) is 1. The second-order valence-electron chi connectivity index (χ2n) is 5.22. The molecule has 1 aromatic rings. The number of hydrogen-bond acceptors (Lipinski definition) is 4. The van der Waals surface area contributed by atoms with Gasteiger partial charge >= 0.3 is 0 Å². The Hall–Kier alpha value is -2.60. The zero-order valence-corrected chi connectivity index (χ0v) is 11.9. The number of fused-ring (bicyclic) bond motifs is 1. The lowest BCUT2D eigenvalue weighted by Gasteiger charge is -2.27. The van der Waals surface area contributed by atoms with Gasteiger partial charge in [-0.1, -0.05) is 18.2 Å². The highest BCUT2D eigenvalue weighted by Gasteiger charge is 2.33. The third kappa shape index (κ3) is 3.01. The van der Waals surface area contributed by atoms with Gasteiger partial charge in [0, 0.05) is 16.9 Å². The molecule has 0 aromatic heterocycles. The van der Waals surface area contributed by atoms with E-state index in [1.165, 1.54) is 0 Å². The molecule has 2 amide bonds. The molecule has 6 heteroatoms. The van der Waals surface area contributed by atoms with Gasteiger partial charge in [0.25, 0.3) is 5.91 Å². The van der Waals surface area contributed by atoms with E-state index in [0.717, 1.165) is 0 Å². The summed E-state index contributed by atoms with van der Waals surface area (Å²) in [5.74, 6) is -0.322. The normalized spacial score (nSPS) is 23.8. The van der Waals surface area contributed by atoms with Crippen molar-refractivity contribution in [2.24, 2.45) is 0 Å². The summed E-state index contributed by atoms with van der Waals surface area (Å²) >= 11 is 0. The Balaban J connectivity index is 1.76. The lowest BCUT2D eigenvalue weighted by atomic mass is 9.96. The van der Waals surface area contributed by atoms with E-state index in [1.54, 1.807) is 36.4 Å². The molecule has 2 atom stereocenters. The molecule has 1 saturated heterocycles. The Morgan fingerprint density at radius 1 is 1.32 bits per heavy atom. The van der Waals surface area contributed by atoms with Crippen molar-refractivity contribution in [1.29, 1.82) is 0 Å². The molecule has 1 heterocycles. The SMILES string of the molecule is Nc1ccc(NC(=O)C2=CC=CC3NC(=O)CCOC23)cc1. The van der Waals surface area contributed by atoms with Gasteiger partial charge in [0.1, 0.15) is 6.10 Å². The second-order valence-corrected chi connectivity index (χ2v) is 5.22. The fraction of sp³-hybridized carbons (Fsp3) is 0.250. The first-order valence-electron chi connectivity index (χ1n) is 7.10. The minimum absolute atomic E-state index is 0.0719. The van der Waals surface area contributed by atoms with Crippen LogP contribution in [0.5, 0.6) is 0 Å². The van der Waals surface area contributed by atoms with Crippen LogP contribution >= 0.6 is 0 Å². The van der Waals surface area contributed by atoms with Crippen LogP contribution in [-0.4, -0.2) is 30.6 Å². The molecule has 2 unspecified atom stereocenters. The minimum Gasteiger partial charge on any atom is -0.399 e. The standard InChI is InChI=1S/C16H17N3O3/c17-10-4-6-11(7-5-10)18-16(21)12-2-1-3-13-15(12)22-9-8-14(20)19-13/h1-7,13,15H,8-9,17H2,(H,18,21)(H,19,20). The zero-order valence-electron chi connectivity index (χ0n) is 11.9. The van der Waals surface area contributed by atoms with Crippen LogP contribution < -0.4 is 16.4 Å². The summed E-state index contributed by atoms with van der Waals surface area (Å²) in [5.41, 5.74) is 7.41. The maximum Gasteiger partial charge on any atom is 0.254 e. The maximum atomic E-state index is 12.5. The number of benzene rings is 1. The Labute approximate surface area is 128 Å². The predicted molar refractivity (Wildman–Crippen MR) is 83.0 cm³/mol. The van der Waals surface area contributed by atoms with Gasteiger partial charge < -0.3 is 21.1 Å². The van der Waals surface area contributed by atoms with Gasteiger partial charge in [-0.05, 0) is 24.3 Å². The molecule has 1 aliphatic heterocycles. The number of nitrogen functional groups attached to an aromatic ring is 1. The lowest BCUT2D eigenvalue weighted by Crippen LogP contribution is -2.44. The summed E-state index contributed by atoms with van der Waals surface area (Å²) < 4.78 is 5.68. The highest BCUT2D eigenvalue weighted by atomic mass is 16.5. The van der Waals surface area contributed by atoms with Crippen molar-refractivity contribution in [3.63, 3.8) is 0 Å². The minimum atomic E-state index is -0.467. The van der Waals surface area contributed by atoms with E-state index in [9.17, 15) is 9.59 Å². The van der Waals surface area contributed by atoms with E-state index >= 15 is 0 Å². The molecule has 0 bridgehead atoms. The first kappa shape index (κ1) is 14.3. The van der Waals surface area contributed by atoms with Crippen LogP contribution in [0.25, 0.3) is 0 Å². The average Bonchev–Trinajstić information content (AvgIpc) is 2.69. The third-order valence-electron chi connectivity index (χ3n) is 3.61. The molecule has 6 nitrogen and oxygen atoms in total. The summed E-state index contributed by atoms with van der Waals surface area (Å²) in [5, 5.41) is 5.66. The van der Waals surface area contributed by atoms with Crippen molar-refractivity contribution in [3.8, 4) is 0 Å². The van der Waals surface area contributed by atoms with E-state index in [1.807, 2.05) is 6.08 Å². The molecular weight excluding hydrogens is 282 g/mol. The van der Waals surface area contributed by atoms with Crippen LogP contribution in [0, 0.1) is 0 Å². The summed E-state index contributed by atoms with van der Waals surface area (Å²) in [6.07, 6.45) is 5.13. The molecule has 2 aliphatic rings. The molecule has 22 heavy (non-hydrogen) atoms. The van der Waals surface area contributed by atoms with Crippen LogP contribution in [0.1, 0.15) is 6.42 Å². The van der Waals surface area contributed by atoms with Gasteiger partial charge in [-0.15, -0.1) is 0 Å². The van der Waals surface area contributed by atoms with Gasteiger partial charge in [-0.2, -0.15) is 0 Å². The highest BCUT2D eigenvalue weighted by Crippen LogP contribution is 2.22. The topological polar surface area (TPSA) is 93.5 Å². The number of allylic oxidation sites excluding steroid dienone is 2. The van der Waals surface area contributed by atoms with Gasteiger partial charge in [-0.25, -0.2) is 0 Å².